The Kier molecular flexibility index (Phi) is 5.90. The van der Waals surface area contributed by atoms with E-state index in [9.17, 15) is 21.6 Å². The predicted molar refractivity (Wildman–Crippen MR) is 67.6 cm³/mol. The molecule has 1 rings (SSSR count). The molecule has 0 bridgehead atoms. The number of hydrogen-bond donors (Lipinski definition) is 2. The quantitative estimate of drug-likeness (QED) is 0.746. The SMILES string of the molecule is CCCNCCNS(=O)(=O)c1ccc(C(F)(F)F)nc1. The maximum Gasteiger partial charge on any atom is 0.433 e. The van der Waals surface area contributed by atoms with Crippen LogP contribution in [0, 0.1) is 0 Å². The van der Waals surface area contributed by atoms with Gasteiger partial charge in [0.1, 0.15) is 10.6 Å². The van der Waals surface area contributed by atoms with Gasteiger partial charge in [-0.15, -0.1) is 0 Å². The summed E-state index contributed by atoms with van der Waals surface area (Å²) >= 11 is 0. The van der Waals surface area contributed by atoms with Crippen molar-refractivity contribution in [1.82, 2.24) is 15.0 Å². The van der Waals surface area contributed by atoms with E-state index in [1.54, 1.807) is 0 Å². The van der Waals surface area contributed by atoms with Crippen LogP contribution in [0.2, 0.25) is 0 Å². The number of nitrogens with one attached hydrogen (secondary N) is 2. The fourth-order valence-electron chi connectivity index (χ4n) is 1.37. The average Bonchev–Trinajstić information content (AvgIpc) is 2.37. The van der Waals surface area contributed by atoms with Gasteiger partial charge in [0, 0.05) is 19.3 Å². The molecule has 1 aromatic rings. The molecule has 0 atom stereocenters. The van der Waals surface area contributed by atoms with E-state index in [0.717, 1.165) is 19.0 Å². The maximum atomic E-state index is 12.3. The minimum absolute atomic E-state index is 0.156. The van der Waals surface area contributed by atoms with Crippen LogP contribution in [0.1, 0.15) is 19.0 Å². The van der Waals surface area contributed by atoms with Crippen molar-refractivity contribution in [1.29, 1.82) is 0 Å². The molecule has 0 saturated heterocycles. The second-order valence-corrected chi connectivity index (χ2v) is 5.79. The first-order valence-corrected chi connectivity index (χ1v) is 7.49. The minimum atomic E-state index is -4.58. The van der Waals surface area contributed by atoms with Crippen LogP contribution in [0.15, 0.2) is 23.2 Å². The molecule has 0 fully saturated rings. The Morgan fingerprint density at radius 3 is 2.40 bits per heavy atom. The first-order valence-electron chi connectivity index (χ1n) is 6.01. The summed E-state index contributed by atoms with van der Waals surface area (Å²) in [7, 11) is -3.83. The summed E-state index contributed by atoms with van der Waals surface area (Å²) in [4.78, 5) is 2.82. The molecule has 0 aliphatic heterocycles. The van der Waals surface area contributed by atoms with Gasteiger partial charge < -0.3 is 5.32 Å². The smallest absolute Gasteiger partial charge is 0.315 e. The molecule has 1 aromatic heterocycles. The Labute approximate surface area is 115 Å². The summed E-state index contributed by atoms with van der Waals surface area (Å²) in [6.45, 7) is 3.35. The van der Waals surface area contributed by atoms with Crippen molar-refractivity contribution in [2.24, 2.45) is 0 Å². The zero-order valence-electron chi connectivity index (χ0n) is 10.9. The van der Waals surface area contributed by atoms with Crippen molar-refractivity contribution in [2.75, 3.05) is 19.6 Å². The van der Waals surface area contributed by atoms with E-state index in [-0.39, 0.29) is 11.4 Å². The number of nitrogens with zero attached hydrogens (tertiary/aromatic N) is 1. The van der Waals surface area contributed by atoms with Crippen LogP contribution >= 0.6 is 0 Å². The highest BCUT2D eigenvalue weighted by Gasteiger charge is 2.32. The Morgan fingerprint density at radius 2 is 1.90 bits per heavy atom. The van der Waals surface area contributed by atoms with E-state index in [1.807, 2.05) is 6.92 Å². The lowest BCUT2D eigenvalue weighted by molar-refractivity contribution is -0.141. The Bertz CT molecular complexity index is 515. The van der Waals surface area contributed by atoms with Crippen LogP contribution in [0.4, 0.5) is 13.2 Å². The van der Waals surface area contributed by atoms with Crippen molar-refractivity contribution in [3.8, 4) is 0 Å². The third-order valence-electron chi connectivity index (χ3n) is 2.36. The van der Waals surface area contributed by atoms with E-state index in [1.165, 1.54) is 0 Å². The van der Waals surface area contributed by atoms with Crippen LogP contribution in [-0.2, 0) is 16.2 Å². The second kappa shape index (κ2) is 7.00. The highest BCUT2D eigenvalue weighted by molar-refractivity contribution is 7.89. The van der Waals surface area contributed by atoms with Gasteiger partial charge >= 0.3 is 6.18 Å². The zero-order valence-corrected chi connectivity index (χ0v) is 11.7. The zero-order chi connectivity index (χ0) is 15.2. The number of halogens is 3. The number of aromatic nitrogens is 1. The van der Waals surface area contributed by atoms with Gasteiger partial charge in [-0.2, -0.15) is 13.2 Å². The lowest BCUT2D eigenvalue weighted by Gasteiger charge is -2.09. The first kappa shape index (κ1) is 16.9. The molecule has 0 aliphatic carbocycles. The number of sulfonamides is 1. The van der Waals surface area contributed by atoms with E-state index in [0.29, 0.717) is 18.8 Å². The monoisotopic (exact) mass is 311 g/mol. The fourth-order valence-corrected chi connectivity index (χ4v) is 2.34. The van der Waals surface area contributed by atoms with Crippen molar-refractivity contribution >= 4 is 10.0 Å². The molecular weight excluding hydrogens is 295 g/mol. The van der Waals surface area contributed by atoms with Crippen molar-refractivity contribution in [3.05, 3.63) is 24.0 Å². The van der Waals surface area contributed by atoms with Gasteiger partial charge in [0.25, 0.3) is 0 Å². The van der Waals surface area contributed by atoms with Gasteiger partial charge in [-0.25, -0.2) is 13.1 Å². The molecule has 0 aromatic carbocycles. The van der Waals surface area contributed by atoms with Crippen molar-refractivity contribution < 1.29 is 21.6 Å². The third-order valence-corrected chi connectivity index (χ3v) is 3.80. The van der Waals surface area contributed by atoms with Crippen LogP contribution in [0.25, 0.3) is 0 Å². The van der Waals surface area contributed by atoms with Gasteiger partial charge in [0.15, 0.2) is 0 Å². The molecule has 0 aliphatic rings. The van der Waals surface area contributed by atoms with Crippen LogP contribution < -0.4 is 10.0 Å². The summed E-state index contributed by atoms with van der Waals surface area (Å²) in [5, 5.41) is 3.00. The molecular formula is C11H16F3N3O2S. The van der Waals surface area contributed by atoms with E-state index in [2.05, 4.69) is 15.0 Å². The second-order valence-electron chi connectivity index (χ2n) is 4.02. The molecule has 0 unspecified atom stereocenters. The van der Waals surface area contributed by atoms with Gasteiger partial charge in [-0.3, -0.25) is 4.98 Å². The lowest BCUT2D eigenvalue weighted by atomic mass is 10.3. The van der Waals surface area contributed by atoms with Gasteiger partial charge in [-0.05, 0) is 25.1 Å². The van der Waals surface area contributed by atoms with Gasteiger partial charge in [0.05, 0.1) is 0 Å². The summed E-state index contributed by atoms with van der Waals surface area (Å²) in [5.41, 5.74) is -1.12. The normalized spacial score (nSPS) is 12.6. The Balaban J connectivity index is 2.64. The van der Waals surface area contributed by atoms with Crippen LogP contribution in [0.3, 0.4) is 0 Å². The maximum absolute atomic E-state index is 12.3. The van der Waals surface area contributed by atoms with E-state index < -0.39 is 21.9 Å². The Hall–Kier alpha value is -1.19. The van der Waals surface area contributed by atoms with Gasteiger partial charge in [0.2, 0.25) is 10.0 Å². The van der Waals surface area contributed by atoms with Crippen LogP contribution in [0.5, 0.6) is 0 Å². The number of pyridine rings is 1. The van der Waals surface area contributed by atoms with Gasteiger partial charge in [-0.1, -0.05) is 6.92 Å². The highest BCUT2D eigenvalue weighted by Crippen LogP contribution is 2.27. The average molecular weight is 311 g/mol. The standard InChI is InChI=1S/C11H16F3N3O2S/c1-2-5-15-6-7-17-20(18,19)9-3-4-10(16-8-9)11(12,13)14/h3-4,8,15,17H,2,5-7H2,1H3. The highest BCUT2D eigenvalue weighted by atomic mass is 32.2. The fraction of sp³-hybridized carbons (Fsp3) is 0.545. The lowest BCUT2D eigenvalue weighted by Crippen LogP contribution is -2.32. The predicted octanol–water partition coefficient (Wildman–Crippen LogP) is 1.38. The third kappa shape index (κ3) is 5.06. The summed E-state index contributed by atoms with van der Waals surface area (Å²) < 4.78 is 62.7. The van der Waals surface area contributed by atoms with Crippen molar-refractivity contribution in [2.45, 2.75) is 24.4 Å². The molecule has 0 spiro atoms. The van der Waals surface area contributed by atoms with Crippen LogP contribution in [-0.4, -0.2) is 33.0 Å². The molecule has 0 saturated carbocycles. The largest absolute Gasteiger partial charge is 0.433 e. The van der Waals surface area contributed by atoms with E-state index in [4.69, 9.17) is 0 Å². The number of alkyl halides is 3. The number of hydrogen-bond acceptors (Lipinski definition) is 4. The summed E-state index contributed by atoms with van der Waals surface area (Å²) in [6, 6.07) is 1.53. The first-order chi connectivity index (χ1) is 9.27. The summed E-state index contributed by atoms with van der Waals surface area (Å²) in [5.74, 6) is 0. The molecule has 2 N–H and O–H groups in total. The molecule has 0 amide bonds. The number of rotatable bonds is 7. The van der Waals surface area contributed by atoms with E-state index >= 15 is 0 Å². The molecule has 5 nitrogen and oxygen atoms in total. The summed E-state index contributed by atoms with van der Waals surface area (Å²) in [6.07, 6.45) is -2.96. The molecule has 114 valence electrons. The van der Waals surface area contributed by atoms with Crippen molar-refractivity contribution in [3.63, 3.8) is 0 Å². The minimum Gasteiger partial charge on any atom is -0.315 e. The molecule has 0 radical (unpaired) electrons. The molecule has 9 heteroatoms. The Morgan fingerprint density at radius 1 is 1.20 bits per heavy atom. The topological polar surface area (TPSA) is 71.1 Å². The molecule has 20 heavy (non-hydrogen) atoms. The molecule has 1 heterocycles.